The summed E-state index contributed by atoms with van der Waals surface area (Å²) >= 11 is 0. The lowest BCUT2D eigenvalue weighted by atomic mass is 10.2. The lowest BCUT2D eigenvalue weighted by molar-refractivity contribution is -0.672. The van der Waals surface area contributed by atoms with Crippen molar-refractivity contribution in [3.63, 3.8) is 0 Å². The van der Waals surface area contributed by atoms with Gasteiger partial charge in [-0.25, -0.2) is 0 Å². The molecule has 0 saturated heterocycles. The molecule has 0 amide bonds. The number of aryl methyl sites for hydroxylation is 2. The maximum Gasteiger partial charge on any atom is 0.286 e. The average Bonchev–Trinajstić information content (AvgIpc) is 3.35. The second-order valence-electron chi connectivity index (χ2n) is 7.19. The summed E-state index contributed by atoms with van der Waals surface area (Å²) in [5.41, 5.74) is 3.98. The third-order valence-corrected chi connectivity index (χ3v) is 4.94. The average molecular weight is 432 g/mol. The first kappa shape index (κ1) is 20.9. The van der Waals surface area contributed by atoms with Crippen LogP contribution in [0.5, 0.6) is 11.9 Å². The largest absolute Gasteiger partial charge is 0.539 e. The van der Waals surface area contributed by atoms with Crippen LogP contribution in [0.2, 0.25) is 0 Å². The molecule has 10 heteroatoms. The van der Waals surface area contributed by atoms with Crippen LogP contribution in [0.3, 0.4) is 0 Å². The van der Waals surface area contributed by atoms with Gasteiger partial charge in [0.15, 0.2) is 11.9 Å². The Bertz CT molecular complexity index is 1250. The first-order chi connectivity index (χ1) is 15.4. The Balaban J connectivity index is 1.75. The molecule has 162 valence electrons. The first-order valence-corrected chi connectivity index (χ1v) is 9.78. The van der Waals surface area contributed by atoms with Crippen molar-refractivity contribution in [2.75, 3.05) is 0 Å². The van der Waals surface area contributed by atoms with Crippen LogP contribution in [0.25, 0.3) is 11.4 Å². The Kier molecular flexibility index (Phi) is 5.50. The van der Waals surface area contributed by atoms with E-state index >= 15 is 0 Å². The Morgan fingerprint density at radius 2 is 1.09 bits per heavy atom. The van der Waals surface area contributed by atoms with E-state index < -0.39 is 11.9 Å². The van der Waals surface area contributed by atoms with Gasteiger partial charge in [-0.05, 0) is 37.1 Å². The number of para-hydroxylation sites is 2. The van der Waals surface area contributed by atoms with Crippen molar-refractivity contribution in [1.82, 2.24) is 10.5 Å². The Labute approximate surface area is 183 Å². The van der Waals surface area contributed by atoms with E-state index in [-0.39, 0.29) is 22.8 Å². The SMILES string of the molecule is C/C(=N\N=C(/C)c1c([O-])on[n+]1-c1ccccc1C)c1c([O-])on[n+]1-c1ccccc1C. The predicted octanol–water partition coefficient (Wildman–Crippen LogP) is 1.21. The molecule has 0 atom stereocenters. The molecular weight excluding hydrogens is 412 g/mol. The van der Waals surface area contributed by atoms with Gasteiger partial charge in [-0.3, -0.25) is 0 Å². The van der Waals surface area contributed by atoms with Crippen molar-refractivity contribution in [3.05, 3.63) is 71.0 Å². The molecule has 0 aliphatic heterocycles. The monoisotopic (exact) mass is 432 g/mol. The minimum Gasteiger partial charge on any atom is -0.539 e. The minimum atomic E-state index is -0.646. The van der Waals surface area contributed by atoms with E-state index in [0.717, 1.165) is 11.1 Å². The Morgan fingerprint density at radius 3 is 1.47 bits per heavy atom. The third-order valence-electron chi connectivity index (χ3n) is 4.94. The number of rotatable bonds is 5. The van der Waals surface area contributed by atoms with Gasteiger partial charge in [0.2, 0.25) is 11.4 Å². The molecule has 0 N–H and O–H groups in total. The Hall–Kier alpha value is -4.34. The van der Waals surface area contributed by atoms with E-state index in [4.69, 9.17) is 9.05 Å². The molecule has 0 fully saturated rings. The van der Waals surface area contributed by atoms with Crippen LogP contribution in [-0.4, -0.2) is 22.0 Å². The topological polar surface area (TPSA) is 131 Å². The Morgan fingerprint density at radius 1 is 0.719 bits per heavy atom. The normalized spacial score (nSPS) is 12.4. The molecule has 0 unspecified atom stereocenters. The molecule has 0 spiro atoms. The van der Waals surface area contributed by atoms with Gasteiger partial charge >= 0.3 is 0 Å². The van der Waals surface area contributed by atoms with Crippen molar-refractivity contribution in [2.24, 2.45) is 10.2 Å². The molecule has 0 saturated carbocycles. The van der Waals surface area contributed by atoms with Crippen LogP contribution >= 0.6 is 0 Å². The van der Waals surface area contributed by atoms with Crippen molar-refractivity contribution >= 4 is 11.4 Å². The van der Waals surface area contributed by atoms with E-state index in [2.05, 4.69) is 20.7 Å². The highest BCUT2D eigenvalue weighted by atomic mass is 16.6. The summed E-state index contributed by atoms with van der Waals surface area (Å²) in [5, 5.41) is 40.6. The number of benzene rings is 2. The molecular formula is C22H20N6O4. The number of hydrogen-bond acceptors (Lipinski definition) is 8. The summed E-state index contributed by atoms with van der Waals surface area (Å²) in [6, 6.07) is 14.9. The van der Waals surface area contributed by atoms with E-state index in [1.165, 1.54) is 9.36 Å². The molecule has 0 bridgehead atoms. The fourth-order valence-corrected chi connectivity index (χ4v) is 3.27. The van der Waals surface area contributed by atoms with Crippen LogP contribution in [0.4, 0.5) is 0 Å². The number of hydrogen-bond donors (Lipinski definition) is 0. The third kappa shape index (κ3) is 3.73. The van der Waals surface area contributed by atoms with Gasteiger partial charge in [0.25, 0.3) is 11.4 Å². The van der Waals surface area contributed by atoms with Crippen LogP contribution in [-0.2, 0) is 0 Å². The molecule has 10 nitrogen and oxygen atoms in total. The lowest BCUT2D eigenvalue weighted by Crippen LogP contribution is -2.40. The molecule has 4 rings (SSSR count). The molecule has 0 aliphatic rings. The van der Waals surface area contributed by atoms with Crippen molar-refractivity contribution in [1.29, 1.82) is 0 Å². The van der Waals surface area contributed by atoms with Gasteiger partial charge in [-0.1, -0.05) is 36.4 Å². The van der Waals surface area contributed by atoms with Crippen LogP contribution in [0.15, 0.2) is 67.8 Å². The quantitative estimate of drug-likeness (QED) is 0.265. The van der Waals surface area contributed by atoms with E-state index in [1.54, 1.807) is 13.8 Å². The molecule has 32 heavy (non-hydrogen) atoms. The summed E-state index contributed by atoms with van der Waals surface area (Å²) in [4.78, 5) is 0. The zero-order valence-corrected chi connectivity index (χ0v) is 17.9. The summed E-state index contributed by atoms with van der Waals surface area (Å²) < 4.78 is 12.5. The highest BCUT2D eigenvalue weighted by Gasteiger charge is 2.26. The highest BCUT2D eigenvalue weighted by Crippen LogP contribution is 2.16. The predicted molar refractivity (Wildman–Crippen MR) is 109 cm³/mol. The van der Waals surface area contributed by atoms with Gasteiger partial charge in [-0.2, -0.15) is 0 Å². The smallest absolute Gasteiger partial charge is 0.286 e. The van der Waals surface area contributed by atoms with Gasteiger partial charge in [-0.15, -0.1) is 10.2 Å². The van der Waals surface area contributed by atoms with E-state index in [9.17, 15) is 10.2 Å². The highest BCUT2D eigenvalue weighted by molar-refractivity contribution is 6.00. The lowest BCUT2D eigenvalue weighted by Gasteiger charge is -2.00. The molecule has 0 radical (unpaired) electrons. The van der Waals surface area contributed by atoms with Gasteiger partial charge in [0.05, 0.1) is 10.5 Å². The van der Waals surface area contributed by atoms with Crippen molar-refractivity contribution in [3.8, 4) is 23.3 Å². The standard InChI is InChI=1S/C22H20N6O4/c1-13-9-5-7-11-17(13)27-19(21(29)31-25-27)15(3)23-24-16(4)20-22(30)32-26-28(20)18-12-8-6-10-14(18)2/h5-12H,1-4H3. The second-order valence-corrected chi connectivity index (χ2v) is 7.19. The van der Waals surface area contributed by atoms with E-state index in [0.29, 0.717) is 11.4 Å². The van der Waals surface area contributed by atoms with Crippen LogP contribution < -0.4 is 19.6 Å². The first-order valence-electron chi connectivity index (χ1n) is 9.78. The fraction of sp³-hybridized carbons (Fsp3) is 0.182. The van der Waals surface area contributed by atoms with Gasteiger partial charge in [0.1, 0.15) is 11.4 Å². The van der Waals surface area contributed by atoms with Gasteiger partial charge < -0.3 is 19.3 Å². The second kappa shape index (κ2) is 8.42. The number of nitrogens with zero attached hydrogens (tertiary/aromatic N) is 6. The minimum absolute atomic E-state index is 0.135. The van der Waals surface area contributed by atoms with Gasteiger partial charge in [0, 0.05) is 23.3 Å². The summed E-state index contributed by atoms with van der Waals surface area (Å²) in [7, 11) is 0. The number of aromatic nitrogens is 4. The molecule has 0 aliphatic carbocycles. The summed E-state index contributed by atoms with van der Waals surface area (Å²) in [6.45, 7) is 7.01. The molecule has 2 aromatic carbocycles. The van der Waals surface area contributed by atoms with Crippen LogP contribution in [0.1, 0.15) is 36.4 Å². The zero-order chi connectivity index (χ0) is 22.8. The maximum atomic E-state index is 12.3. The molecule has 2 heterocycles. The maximum absolute atomic E-state index is 12.3. The van der Waals surface area contributed by atoms with Crippen molar-refractivity contribution < 1.29 is 28.6 Å². The van der Waals surface area contributed by atoms with Crippen LogP contribution in [0, 0.1) is 13.8 Å². The summed E-state index contributed by atoms with van der Waals surface area (Å²) in [5.74, 6) is -1.29. The van der Waals surface area contributed by atoms with E-state index in [1.807, 2.05) is 62.4 Å². The summed E-state index contributed by atoms with van der Waals surface area (Å²) in [6.07, 6.45) is 0. The van der Waals surface area contributed by atoms with Crippen molar-refractivity contribution in [2.45, 2.75) is 27.7 Å². The molecule has 4 aromatic rings. The fourth-order valence-electron chi connectivity index (χ4n) is 3.27. The molecule has 2 aromatic heterocycles. The zero-order valence-electron chi connectivity index (χ0n) is 17.9.